The molecule has 0 saturated carbocycles. The molecule has 0 unspecified atom stereocenters. The molecule has 0 radical (unpaired) electrons. The number of rotatable bonds is 6. The number of para-hydroxylation sites is 1. The van der Waals surface area contributed by atoms with Crippen molar-refractivity contribution in [2.45, 2.75) is 18.4 Å². The topological polar surface area (TPSA) is 59.0 Å². The smallest absolute Gasteiger partial charge is 0.180 e. The van der Waals surface area contributed by atoms with Crippen LogP contribution in [0, 0.1) is 0 Å². The van der Waals surface area contributed by atoms with Crippen molar-refractivity contribution in [3.05, 3.63) is 29.8 Å². The monoisotopic (exact) mass is 293 g/mol. The normalized spacial score (nSPS) is 17.7. The number of hydrogen-bond donors (Lipinski definition) is 1. The molecule has 1 N–H and O–H groups in total. The van der Waals surface area contributed by atoms with Gasteiger partial charge in [-0.25, -0.2) is 0 Å². The van der Waals surface area contributed by atoms with Gasteiger partial charge >= 0.3 is 0 Å². The van der Waals surface area contributed by atoms with E-state index in [-0.39, 0.29) is 12.3 Å². The Morgan fingerprint density at radius 1 is 1.38 bits per heavy atom. The van der Waals surface area contributed by atoms with E-state index in [0.717, 1.165) is 0 Å². The van der Waals surface area contributed by atoms with Crippen molar-refractivity contribution in [2.24, 2.45) is 0 Å². The summed E-state index contributed by atoms with van der Waals surface area (Å²) < 4.78 is 10.5. The molecular formula is C16H23NO4. The predicted molar refractivity (Wildman–Crippen MR) is 79.8 cm³/mol. The maximum absolute atomic E-state index is 12.4. The molecule has 0 amide bonds. The van der Waals surface area contributed by atoms with E-state index in [0.29, 0.717) is 43.9 Å². The second kappa shape index (κ2) is 7.02. The van der Waals surface area contributed by atoms with E-state index in [1.165, 1.54) is 0 Å². The first-order valence-electron chi connectivity index (χ1n) is 7.19. The number of nitrogens with zero attached hydrogens (tertiary/aromatic N) is 1. The number of likely N-dealkylation sites (N-methyl/N-ethyl adjacent to an activating group) is 1. The summed E-state index contributed by atoms with van der Waals surface area (Å²) in [4.78, 5) is 14.2. The molecule has 0 bridgehead atoms. The van der Waals surface area contributed by atoms with E-state index in [4.69, 9.17) is 9.47 Å². The number of aliphatic hydroxyl groups is 1. The molecule has 1 heterocycles. The first kappa shape index (κ1) is 15.9. The summed E-state index contributed by atoms with van der Waals surface area (Å²) in [6.07, 6.45) is 1.22. The van der Waals surface area contributed by atoms with E-state index in [9.17, 15) is 9.90 Å². The molecule has 1 aromatic rings. The molecule has 1 saturated heterocycles. The van der Waals surface area contributed by atoms with Gasteiger partial charge < -0.3 is 14.6 Å². The largest absolute Gasteiger partial charge is 0.496 e. The number of Topliss-reactive ketones (excluding diaryl/α,β-unsaturated/α-hetero) is 1. The Morgan fingerprint density at radius 2 is 2.05 bits per heavy atom. The van der Waals surface area contributed by atoms with Gasteiger partial charge in [0.25, 0.3) is 0 Å². The molecule has 21 heavy (non-hydrogen) atoms. The van der Waals surface area contributed by atoms with Gasteiger partial charge in [0, 0.05) is 32.6 Å². The van der Waals surface area contributed by atoms with Crippen LogP contribution in [0.2, 0.25) is 0 Å². The van der Waals surface area contributed by atoms with Crippen molar-refractivity contribution < 1.29 is 19.4 Å². The molecule has 2 rings (SSSR count). The molecule has 5 nitrogen and oxygen atoms in total. The van der Waals surface area contributed by atoms with Crippen LogP contribution in [0.3, 0.4) is 0 Å². The lowest BCUT2D eigenvalue weighted by atomic mass is 9.94. The van der Waals surface area contributed by atoms with Gasteiger partial charge in [-0.1, -0.05) is 12.1 Å². The maximum atomic E-state index is 12.4. The van der Waals surface area contributed by atoms with Crippen LogP contribution in [0.4, 0.5) is 0 Å². The lowest BCUT2D eigenvalue weighted by Gasteiger charge is -2.35. The minimum absolute atomic E-state index is 0.00869. The lowest BCUT2D eigenvalue weighted by Crippen LogP contribution is -2.46. The summed E-state index contributed by atoms with van der Waals surface area (Å²) in [6.45, 7) is 1.87. The Hall–Kier alpha value is -1.43. The maximum Gasteiger partial charge on any atom is 0.180 e. The lowest BCUT2D eigenvalue weighted by molar-refractivity contribution is -0.0758. The first-order chi connectivity index (χ1) is 10.0. The summed E-state index contributed by atoms with van der Waals surface area (Å²) in [6, 6.07) is 7.20. The van der Waals surface area contributed by atoms with Gasteiger partial charge in [0.05, 0.1) is 24.8 Å². The summed E-state index contributed by atoms with van der Waals surface area (Å²) in [5.41, 5.74) is -0.181. The Morgan fingerprint density at radius 3 is 2.71 bits per heavy atom. The zero-order chi connectivity index (χ0) is 15.3. The fourth-order valence-corrected chi connectivity index (χ4v) is 2.67. The summed E-state index contributed by atoms with van der Waals surface area (Å²) in [5, 5.41) is 10.5. The third-order valence-corrected chi connectivity index (χ3v) is 3.81. The highest BCUT2D eigenvalue weighted by Crippen LogP contribution is 2.22. The molecular weight excluding hydrogens is 270 g/mol. The van der Waals surface area contributed by atoms with E-state index in [2.05, 4.69) is 0 Å². The van der Waals surface area contributed by atoms with E-state index in [1.54, 1.807) is 19.2 Å². The second-order valence-electron chi connectivity index (χ2n) is 5.63. The molecule has 1 aliphatic heterocycles. The Balaban J connectivity index is 1.95. The number of carbonyl (C=O) groups excluding carboxylic acids is 1. The van der Waals surface area contributed by atoms with Gasteiger partial charge in [0.2, 0.25) is 0 Å². The van der Waals surface area contributed by atoms with Gasteiger partial charge in [-0.3, -0.25) is 9.69 Å². The Bertz CT molecular complexity index is 483. The SMILES string of the molecule is COc1ccccc1C(=O)CN(C)CC1(O)CCOCC1. The van der Waals surface area contributed by atoms with Gasteiger partial charge in [-0.05, 0) is 19.2 Å². The highest BCUT2D eigenvalue weighted by molar-refractivity contribution is 6.00. The van der Waals surface area contributed by atoms with Crippen molar-refractivity contribution in [2.75, 3.05) is 40.5 Å². The zero-order valence-corrected chi connectivity index (χ0v) is 12.7. The van der Waals surface area contributed by atoms with Crippen LogP contribution in [0.15, 0.2) is 24.3 Å². The third kappa shape index (κ3) is 4.27. The molecule has 1 aliphatic rings. The van der Waals surface area contributed by atoms with Crippen LogP contribution in [-0.4, -0.2) is 61.9 Å². The minimum atomic E-state index is -0.756. The summed E-state index contributed by atoms with van der Waals surface area (Å²) in [7, 11) is 3.40. The number of methoxy groups -OCH3 is 1. The van der Waals surface area contributed by atoms with Crippen LogP contribution < -0.4 is 4.74 Å². The quantitative estimate of drug-likeness (QED) is 0.802. The van der Waals surface area contributed by atoms with E-state index in [1.807, 2.05) is 24.1 Å². The Kier molecular flexibility index (Phi) is 5.33. The summed E-state index contributed by atoms with van der Waals surface area (Å²) >= 11 is 0. The van der Waals surface area contributed by atoms with Crippen LogP contribution in [0.25, 0.3) is 0 Å². The fraction of sp³-hybridized carbons (Fsp3) is 0.562. The van der Waals surface area contributed by atoms with Crippen molar-refractivity contribution in [1.29, 1.82) is 0 Å². The average Bonchev–Trinajstić information content (AvgIpc) is 2.47. The van der Waals surface area contributed by atoms with Crippen molar-refractivity contribution in [1.82, 2.24) is 4.90 Å². The number of benzene rings is 1. The van der Waals surface area contributed by atoms with Crippen molar-refractivity contribution in [3.8, 4) is 5.75 Å². The van der Waals surface area contributed by atoms with Crippen LogP contribution >= 0.6 is 0 Å². The number of ether oxygens (including phenoxy) is 2. The minimum Gasteiger partial charge on any atom is -0.496 e. The third-order valence-electron chi connectivity index (χ3n) is 3.81. The molecule has 5 heteroatoms. The zero-order valence-electron chi connectivity index (χ0n) is 12.7. The standard InChI is InChI=1S/C16H23NO4/c1-17(12-16(19)7-9-21-10-8-16)11-14(18)13-5-3-4-6-15(13)20-2/h3-6,19H,7-12H2,1-2H3. The highest BCUT2D eigenvalue weighted by atomic mass is 16.5. The van der Waals surface area contributed by atoms with E-state index < -0.39 is 5.60 Å². The van der Waals surface area contributed by atoms with Crippen molar-refractivity contribution >= 4 is 5.78 Å². The fourth-order valence-electron chi connectivity index (χ4n) is 2.67. The molecule has 0 spiro atoms. The number of ketones is 1. The molecule has 0 atom stereocenters. The van der Waals surface area contributed by atoms with Gasteiger partial charge in [-0.15, -0.1) is 0 Å². The van der Waals surface area contributed by atoms with Crippen LogP contribution in [0.1, 0.15) is 23.2 Å². The van der Waals surface area contributed by atoms with Crippen LogP contribution in [0.5, 0.6) is 5.75 Å². The Labute approximate surface area is 125 Å². The van der Waals surface area contributed by atoms with Gasteiger partial charge in [-0.2, -0.15) is 0 Å². The average molecular weight is 293 g/mol. The van der Waals surface area contributed by atoms with Crippen molar-refractivity contribution in [3.63, 3.8) is 0 Å². The number of carbonyl (C=O) groups is 1. The molecule has 0 aliphatic carbocycles. The van der Waals surface area contributed by atoms with Gasteiger partial charge in [0.15, 0.2) is 5.78 Å². The van der Waals surface area contributed by atoms with Gasteiger partial charge in [0.1, 0.15) is 5.75 Å². The second-order valence-corrected chi connectivity index (χ2v) is 5.63. The number of hydrogen-bond acceptors (Lipinski definition) is 5. The predicted octanol–water partition coefficient (Wildman–Crippen LogP) is 1.35. The van der Waals surface area contributed by atoms with Crippen LogP contribution in [-0.2, 0) is 4.74 Å². The molecule has 0 aromatic heterocycles. The highest BCUT2D eigenvalue weighted by Gasteiger charge is 2.31. The molecule has 1 fully saturated rings. The molecule has 116 valence electrons. The summed E-state index contributed by atoms with van der Waals surface area (Å²) in [5.74, 6) is 0.575. The van der Waals surface area contributed by atoms with E-state index >= 15 is 0 Å². The molecule has 1 aromatic carbocycles. The first-order valence-corrected chi connectivity index (χ1v) is 7.19.